The molecular weight excluding hydrogens is 516 g/mol. The summed E-state index contributed by atoms with van der Waals surface area (Å²) in [5.74, 6) is 1.18. The van der Waals surface area contributed by atoms with Crippen LogP contribution in [-0.4, -0.2) is 37.0 Å². The number of thiazole rings is 1. The van der Waals surface area contributed by atoms with Crippen LogP contribution in [0.5, 0.6) is 17.2 Å². The SMILES string of the molecule is C=CCOc1ccc(/C=c2\sc3n(c2=O)[C@H](c2ccccc2OC(C)C)C(C(=O)OCC)=C(C)N=3)cc1OC. The monoisotopic (exact) mass is 548 g/mol. The number of benzene rings is 2. The van der Waals surface area contributed by atoms with Gasteiger partial charge in [0.15, 0.2) is 16.3 Å². The lowest BCUT2D eigenvalue weighted by Crippen LogP contribution is -2.40. The first kappa shape index (κ1) is 27.9. The predicted octanol–water partition coefficient (Wildman–Crippen LogP) is 4.16. The second kappa shape index (κ2) is 12.2. The van der Waals surface area contributed by atoms with E-state index in [4.69, 9.17) is 18.9 Å². The predicted molar refractivity (Wildman–Crippen MR) is 151 cm³/mol. The van der Waals surface area contributed by atoms with Crippen molar-refractivity contribution in [1.82, 2.24) is 4.57 Å². The van der Waals surface area contributed by atoms with Gasteiger partial charge in [-0.25, -0.2) is 9.79 Å². The van der Waals surface area contributed by atoms with E-state index in [0.717, 1.165) is 5.56 Å². The van der Waals surface area contributed by atoms with Crippen LogP contribution in [0.3, 0.4) is 0 Å². The zero-order valence-corrected chi connectivity index (χ0v) is 23.5. The van der Waals surface area contributed by atoms with Crippen molar-refractivity contribution in [1.29, 1.82) is 0 Å². The van der Waals surface area contributed by atoms with E-state index in [2.05, 4.69) is 11.6 Å². The van der Waals surface area contributed by atoms with Crippen LogP contribution in [-0.2, 0) is 9.53 Å². The van der Waals surface area contributed by atoms with Gasteiger partial charge in [0, 0.05) is 5.56 Å². The molecule has 1 aliphatic heterocycles. The van der Waals surface area contributed by atoms with Crippen LogP contribution in [0.15, 0.2) is 76.2 Å². The number of nitrogens with zero attached hydrogens (tertiary/aromatic N) is 2. The highest BCUT2D eigenvalue weighted by Gasteiger charge is 2.35. The third-order valence-electron chi connectivity index (χ3n) is 5.94. The number of carbonyl (C=O) groups excluding carboxylic acids is 1. The molecule has 1 aliphatic rings. The summed E-state index contributed by atoms with van der Waals surface area (Å²) in [6, 6.07) is 12.1. The van der Waals surface area contributed by atoms with E-state index in [9.17, 15) is 9.59 Å². The van der Waals surface area contributed by atoms with E-state index in [1.54, 1.807) is 49.8 Å². The molecule has 0 amide bonds. The number of hydrogen-bond donors (Lipinski definition) is 0. The minimum absolute atomic E-state index is 0.105. The molecule has 39 heavy (non-hydrogen) atoms. The Labute approximate surface area is 231 Å². The molecule has 0 fully saturated rings. The maximum absolute atomic E-state index is 13.9. The topological polar surface area (TPSA) is 88.4 Å². The Kier molecular flexibility index (Phi) is 8.71. The van der Waals surface area contributed by atoms with Crippen LogP contribution in [0.4, 0.5) is 0 Å². The number of para-hydroxylation sites is 1. The first-order valence-corrected chi connectivity index (χ1v) is 13.5. The molecule has 2 aromatic carbocycles. The summed E-state index contributed by atoms with van der Waals surface area (Å²) in [6.45, 7) is 11.6. The van der Waals surface area contributed by atoms with Crippen molar-refractivity contribution in [3.05, 3.63) is 97.2 Å². The van der Waals surface area contributed by atoms with Gasteiger partial charge in [-0.1, -0.05) is 48.3 Å². The molecule has 0 unspecified atom stereocenters. The Morgan fingerprint density at radius 2 is 1.95 bits per heavy atom. The molecule has 0 aliphatic carbocycles. The molecule has 0 bridgehead atoms. The highest BCUT2D eigenvalue weighted by molar-refractivity contribution is 7.07. The summed E-state index contributed by atoms with van der Waals surface area (Å²) in [5.41, 5.74) is 1.96. The lowest BCUT2D eigenvalue weighted by molar-refractivity contribution is -0.139. The number of fused-ring (bicyclic) bond motifs is 1. The number of carbonyl (C=O) groups is 1. The first-order valence-electron chi connectivity index (χ1n) is 12.7. The molecule has 9 heteroatoms. The smallest absolute Gasteiger partial charge is 0.338 e. The molecule has 0 N–H and O–H groups in total. The van der Waals surface area contributed by atoms with Gasteiger partial charge in [-0.15, -0.1) is 0 Å². The molecule has 8 nitrogen and oxygen atoms in total. The highest BCUT2D eigenvalue weighted by Crippen LogP contribution is 2.36. The molecule has 1 atom stereocenters. The third-order valence-corrected chi connectivity index (χ3v) is 6.92. The van der Waals surface area contributed by atoms with Crippen LogP contribution in [0.1, 0.15) is 44.9 Å². The summed E-state index contributed by atoms with van der Waals surface area (Å²) in [4.78, 5) is 32.3. The summed E-state index contributed by atoms with van der Waals surface area (Å²) >= 11 is 1.25. The average molecular weight is 549 g/mol. The Balaban J connectivity index is 1.91. The summed E-state index contributed by atoms with van der Waals surface area (Å²) < 4.78 is 24.6. The molecule has 3 aromatic rings. The molecule has 4 rings (SSSR count). The number of methoxy groups -OCH3 is 1. The molecule has 1 aromatic heterocycles. The molecular formula is C30H32N2O6S. The van der Waals surface area contributed by atoms with E-state index in [0.29, 0.717) is 50.0 Å². The van der Waals surface area contributed by atoms with Gasteiger partial charge in [-0.2, -0.15) is 0 Å². The summed E-state index contributed by atoms with van der Waals surface area (Å²) in [7, 11) is 1.56. The Morgan fingerprint density at radius 3 is 2.64 bits per heavy atom. The van der Waals surface area contributed by atoms with Crippen LogP contribution >= 0.6 is 11.3 Å². The van der Waals surface area contributed by atoms with Gasteiger partial charge in [0.05, 0.1) is 35.6 Å². The molecule has 0 spiro atoms. The van der Waals surface area contributed by atoms with Crippen molar-refractivity contribution in [3.8, 4) is 17.2 Å². The number of ether oxygens (including phenoxy) is 4. The lowest BCUT2D eigenvalue weighted by atomic mass is 9.95. The minimum Gasteiger partial charge on any atom is -0.493 e. The van der Waals surface area contributed by atoms with Crippen molar-refractivity contribution < 1.29 is 23.7 Å². The zero-order chi connectivity index (χ0) is 28.1. The van der Waals surface area contributed by atoms with Gasteiger partial charge in [0.25, 0.3) is 5.56 Å². The number of hydrogen-bond acceptors (Lipinski definition) is 8. The standard InChI is InChI=1S/C30H32N2O6S/c1-7-15-37-23-14-13-20(16-24(23)35-6)17-25-28(33)32-27(21-11-9-10-12-22(21)38-18(3)4)26(29(34)36-8-2)19(5)31-30(32)39-25/h7,9-14,16-18,27H,1,8,15H2,2-6H3/b25-17-/t27-/m1/s1. The van der Waals surface area contributed by atoms with Gasteiger partial charge in [-0.3, -0.25) is 9.36 Å². The highest BCUT2D eigenvalue weighted by atomic mass is 32.1. The Hall–Kier alpha value is -4.11. The fourth-order valence-corrected chi connectivity index (χ4v) is 5.39. The van der Waals surface area contributed by atoms with Crippen LogP contribution in [0.25, 0.3) is 6.08 Å². The van der Waals surface area contributed by atoms with Crippen LogP contribution in [0.2, 0.25) is 0 Å². The number of rotatable bonds is 10. The number of esters is 1. The van der Waals surface area contributed by atoms with Gasteiger partial charge in [0.1, 0.15) is 18.4 Å². The molecule has 0 saturated carbocycles. The van der Waals surface area contributed by atoms with Crippen molar-refractivity contribution in [2.24, 2.45) is 4.99 Å². The first-order chi connectivity index (χ1) is 18.8. The molecule has 204 valence electrons. The quantitative estimate of drug-likeness (QED) is 0.279. The fraction of sp³-hybridized carbons (Fsp3) is 0.300. The fourth-order valence-electron chi connectivity index (χ4n) is 4.35. The van der Waals surface area contributed by atoms with Crippen molar-refractivity contribution in [2.75, 3.05) is 20.3 Å². The van der Waals surface area contributed by atoms with Gasteiger partial charge >= 0.3 is 5.97 Å². The minimum atomic E-state index is -0.762. The van der Waals surface area contributed by atoms with E-state index in [-0.39, 0.29) is 18.3 Å². The van der Waals surface area contributed by atoms with Crippen molar-refractivity contribution >= 4 is 23.4 Å². The third kappa shape index (κ3) is 5.83. The zero-order valence-electron chi connectivity index (χ0n) is 22.7. The average Bonchev–Trinajstić information content (AvgIpc) is 3.21. The van der Waals surface area contributed by atoms with Gasteiger partial charge in [-0.05, 0) is 57.5 Å². The number of allylic oxidation sites excluding steroid dienone is 1. The largest absolute Gasteiger partial charge is 0.493 e. The van der Waals surface area contributed by atoms with Crippen LogP contribution in [0, 0.1) is 0 Å². The molecule has 0 radical (unpaired) electrons. The van der Waals surface area contributed by atoms with Gasteiger partial charge < -0.3 is 18.9 Å². The van der Waals surface area contributed by atoms with Gasteiger partial charge in [0.2, 0.25) is 0 Å². The lowest BCUT2D eigenvalue weighted by Gasteiger charge is -2.26. The van der Waals surface area contributed by atoms with Crippen molar-refractivity contribution in [3.63, 3.8) is 0 Å². The Morgan fingerprint density at radius 1 is 1.18 bits per heavy atom. The van der Waals surface area contributed by atoms with E-state index < -0.39 is 12.0 Å². The van der Waals surface area contributed by atoms with E-state index in [1.807, 2.05) is 44.2 Å². The van der Waals surface area contributed by atoms with E-state index in [1.165, 1.54) is 11.3 Å². The molecule has 2 heterocycles. The second-order valence-electron chi connectivity index (χ2n) is 9.02. The Bertz CT molecular complexity index is 1600. The van der Waals surface area contributed by atoms with Crippen LogP contribution < -0.4 is 29.1 Å². The normalized spacial score (nSPS) is 15.0. The van der Waals surface area contributed by atoms with E-state index >= 15 is 0 Å². The number of aromatic nitrogens is 1. The summed E-state index contributed by atoms with van der Waals surface area (Å²) in [6.07, 6.45) is 3.33. The summed E-state index contributed by atoms with van der Waals surface area (Å²) in [5, 5.41) is 0. The van der Waals surface area contributed by atoms with Crippen molar-refractivity contribution in [2.45, 2.75) is 39.8 Å². The maximum atomic E-state index is 13.9. The maximum Gasteiger partial charge on any atom is 0.338 e. The second-order valence-corrected chi connectivity index (χ2v) is 10.0. The molecule has 0 saturated heterocycles.